The van der Waals surface area contributed by atoms with E-state index in [2.05, 4.69) is 36.9 Å². The molecule has 1 aliphatic heterocycles. The summed E-state index contributed by atoms with van der Waals surface area (Å²) in [6.45, 7) is 8.68. The molecule has 4 rings (SSSR count). The first kappa shape index (κ1) is 24.4. The zero-order valence-electron chi connectivity index (χ0n) is 19.7. The maximum absolute atomic E-state index is 14.1. The number of halogens is 1. The fourth-order valence-corrected chi connectivity index (χ4v) is 4.66. The van der Waals surface area contributed by atoms with Crippen molar-refractivity contribution in [3.8, 4) is 5.75 Å². The predicted molar refractivity (Wildman–Crippen MR) is 137 cm³/mol. The summed E-state index contributed by atoms with van der Waals surface area (Å²) in [6.07, 6.45) is 8.26. The van der Waals surface area contributed by atoms with E-state index in [1.807, 2.05) is 25.3 Å². The minimum Gasteiger partial charge on any atom is -0.488 e. The van der Waals surface area contributed by atoms with Crippen molar-refractivity contribution in [3.63, 3.8) is 0 Å². The Bertz CT molecular complexity index is 1020. The van der Waals surface area contributed by atoms with Crippen molar-refractivity contribution >= 4 is 47.6 Å². The molecule has 1 saturated carbocycles. The molecule has 0 radical (unpaired) electrons. The predicted octanol–water partition coefficient (Wildman–Crippen LogP) is 5.03. The molecule has 1 N–H and O–H groups in total. The van der Waals surface area contributed by atoms with Gasteiger partial charge in [-0.1, -0.05) is 11.8 Å². The average Bonchev–Trinajstić information content (AvgIpc) is 2.87. The summed E-state index contributed by atoms with van der Waals surface area (Å²) in [5, 5.41) is 3.80. The SMILES string of the molecule is C=Nc1c(N=CC)cc(N2CCOCC2)cc1OC1CCC(Nc2nc(SC)ncc2F)CC1. The van der Waals surface area contributed by atoms with Gasteiger partial charge in [0.15, 0.2) is 16.8 Å². The lowest BCUT2D eigenvalue weighted by molar-refractivity contribution is 0.122. The van der Waals surface area contributed by atoms with Gasteiger partial charge in [-0.3, -0.25) is 9.98 Å². The van der Waals surface area contributed by atoms with Crippen molar-refractivity contribution < 1.29 is 13.9 Å². The molecule has 0 unspecified atom stereocenters. The molecule has 34 heavy (non-hydrogen) atoms. The fraction of sp³-hybridized carbons (Fsp3) is 0.500. The molecule has 1 aliphatic carbocycles. The van der Waals surface area contributed by atoms with Crippen LogP contribution < -0.4 is 15.0 Å². The number of aliphatic imine (C=N–C) groups is 2. The summed E-state index contributed by atoms with van der Waals surface area (Å²) in [7, 11) is 0. The lowest BCUT2D eigenvalue weighted by Gasteiger charge is -2.32. The van der Waals surface area contributed by atoms with E-state index in [9.17, 15) is 4.39 Å². The van der Waals surface area contributed by atoms with E-state index in [-0.39, 0.29) is 18.0 Å². The average molecular weight is 487 g/mol. The first-order chi connectivity index (χ1) is 16.6. The molecule has 8 nitrogen and oxygen atoms in total. The Morgan fingerprint density at radius 1 is 1.26 bits per heavy atom. The third-order valence-electron chi connectivity index (χ3n) is 6.06. The molecule has 0 atom stereocenters. The molecule has 182 valence electrons. The van der Waals surface area contributed by atoms with Gasteiger partial charge in [0.25, 0.3) is 0 Å². The molecule has 10 heteroatoms. The number of hydrogen-bond acceptors (Lipinski definition) is 9. The topological polar surface area (TPSA) is 84.2 Å². The van der Waals surface area contributed by atoms with Crippen molar-refractivity contribution in [2.75, 3.05) is 42.8 Å². The van der Waals surface area contributed by atoms with Gasteiger partial charge in [-0.05, 0) is 51.6 Å². The van der Waals surface area contributed by atoms with Crippen LogP contribution in [0, 0.1) is 5.82 Å². The van der Waals surface area contributed by atoms with E-state index < -0.39 is 5.82 Å². The van der Waals surface area contributed by atoms with Crippen LogP contribution in [0.25, 0.3) is 0 Å². The molecular formula is C24H31FN6O2S. The molecule has 2 aromatic rings. The van der Waals surface area contributed by atoms with Gasteiger partial charge >= 0.3 is 0 Å². The summed E-state index contributed by atoms with van der Waals surface area (Å²) in [5.74, 6) is 0.534. The van der Waals surface area contributed by atoms with Gasteiger partial charge in [-0.2, -0.15) is 0 Å². The van der Waals surface area contributed by atoms with Gasteiger partial charge in [0.1, 0.15) is 11.4 Å². The Morgan fingerprint density at radius 3 is 2.71 bits per heavy atom. The molecule has 2 fully saturated rings. The smallest absolute Gasteiger partial charge is 0.189 e. The number of benzene rings is 1. The van der Waals surface area contributed by atoms with Gasteiger partial charge in [0.2, 0.25) is 0 Å². The highest BCUT2D eigenvalue weighted by Gasteiger charge is 2.26. The van der Waals surface area contributed by atoms with Crippen LogP contribution in [0.5, 0.6) is 5.75 Å². The zero-order chi connectivity index (χ0) is 23.9. The second kappa shape index (κ2) is 11.6. The van der Waals surface area contributed by atoms with E-state index in [1.165, 1.54) is 18.0 Å². The Labute approximate surface area is 204 Å². The van der Waals surface area contributed by atoms with Gasteiger partial charge in [0.05, 0.1) is 31.2 Å². The molecule has 1 aromatic carbocycles. The van der Waals surface area contributed by atoms with Gasteiger partial charge in [0, 0.05) is 37.1 Å². The third-order valence-corrected chi connectivity index (χ3v) is 6.62. The Kier molecular flexibility index (Phi) is 8.34. The van der Waals surface area contributed by atoms with Crippen LogP contribution in [0.1, 0.15) is 32.6 Å². The first-order valence-electron chi connectivity index (χ1n) is 11.6. The number of morpholine rings is 1. The Hall–Kier alpha value is -2.72. The molecule has 1 aromatic heterocycles. The Balaban J connectivity index is 1.45. The summed E-state index contributed by atoms with van der Waals surface area (Å²) in [6, 6.07) is 4.20. The van der Waals surface area contributed by atoms with E-state index in [0.29, 0.717) is 29.8 Å². The van der Waals surface area contributed by atoms with E-state index in [1.54, 1.807) is 6.21 Å². The molecular weight excluding hydrogens is 455 g/mol. The van der Waals surface area contributed by atoms with Crippen LogP contribution in [0.3, 0.4) is 0 Å². The van der Waals surface area contributed by atoms with Crippen LogP contribution in [0.2, 0.25) is 0 Å². The first-order valence-corrected chi connectivity index (χ1v) is 12.8. The molecule has 2 aliphatic rings. The van der Waals surface area contributed by atoms with Crippen LogP contribution in [0.15, 0.2) is 33.5 Å². The quantitative estimate of drug-likeness (QED) is 0.318. The minimum atomic E-state index is -0.429. The fourth-order valence-electron chi connectivity index (χ4n) is 4.32. The number of nitrogens with zero attached hydrogens (tertiary/aromatic N) is 5. The van der Waals surface area contributed by atoms with Gasteiger partial charge in [-0.25, -0.2) is 14.4 Å². The van der Waals surface area contributed by atoms with Crippen molar-refractivity contribution in [1.82, 2.24) is 9.97 Å². The van der Waals surface area contributed by atoms with Gasteiger partial charge < -0.3 is 19.7 Å². The standard InChI is InChI=1S/C24H31FN6O2S/c1-4-27-20-13-17(31-9-11-32-12-10-31)14-21(22(20)26-2)33-18-7-5-16(6-8-18)29-23-19(25)15-28-24(30-23)34-3/h4,13-16,18H,2,5-12H2,1,3H3,(H,28,29,30). The van der Waals surface area contributed by atoms with E-state index >= 15 is 0 Å². The van der Waals surface area contributed by atoms with Crippen molar-refractivity contribution in [2.45, 2.75) is 49.9 Å². The second-order valence-corrected chi connectivity index (χ2v) is 9.02. The second-order valence-electron chi connectivity index (χ2n) is 8.25. The molecule has 0 spiro atoms. The lowest BCUT2D eigenvalue weighted by Crippen LogP contribution is -2.36. The zero-order valence-corrected chi connectivity index (χ0v) is 20.5. The maximum atomic E-state index is 14.1. The minimum absolute atomic E-state index is 0.0361. The van der Waals surface area contributed by atoms with Crippen molar-refractivity contribution in [3.05, 3.63) is 24.1 Å². The normalized spacial score (nSPS) is 21.0. The number of ether oxygens (including phenoxy) is 2. The number of nitrogens with one attached hydrogen (secondary N) is 1. The van der Waals surface area contributed by atoms with Crippen LogP contribution in [0.4, 0.5) is 27.3 Å². The number of rotatable bonds is 8. The summed E-state index contributed by atoms with van der Waals surface area (Å²) in [5.41, 5.74) is 2.45. The summed E-state index contributed by atoms with van der Waals surface area (Å²) in [4.78, 5) is 19.3. The molecule has 2 heterocycles. The lowest BCUT2D eigenvalue weighted by atomic mass is 9.93. The largest absolute Gasteiger partial charge is 0.488 e. The maximum Gasteiger partial charge on any atom is 0.189 e. The van der Waals surface area contributed by atoms with Crippen LogP contribution in [-0.2, 0) is 4.74 Å². The van der Waals surface area contributed by atoms with Gasteiger partial charge in [-0.15, -0.1) is 0 Å². The van der Waals surface area contributed by atoms with E-state index in [4.69, 9.17) is 9.47 Å². The highest BCUT2D eigenvalue weighted by Crippen LogP contribution is 2.43. The van der Waals surface area contributed by atoms with Crippen LogP contribution in [-0.4, -0.2) is 67.6 Å². The number of anilines is 2. The Morgan fingerprint density at radius 2 is 2.03 bits per heavy atom. The summed E-state index contributed by atoms with van der Waals surface area (Å²) >= 11 is 1.39. The van der Waals surface area contributed by atoms with Crippen molar-refractivity contribution in [1.29, 1.82) is 0 Å². The number of aromatic nitrogens is 2. The third kappa shape index (κ3) is 5.85. The highest BCUT2D eigenvalue weighted by molar-refractivity contribution is 7.98. The summed E-state index contributed by atoms with van der Waals surface area (Å²) < 4.78 is 26.1. The molecule has 0 amide bonds. The monoisotopic (exact) mass is 486 g/mol. The number of hydrogen-bond donors (Lipinski definition) is 1. The highest BCUT2D eigenvalue weighted by atomic mass is 32.2. The number of thioether (sulfide) groups is 1. The molecule has 0 bridgehead atoms. The van der Waals surface area contributed by atoms with Crippen molar-refractivity contribution in [2.24, 2.45) is 9.98 Å². The van der Waals surface area contributed by atoms with Crippen LogP contribution >= 0.6 is 11.8 Å². The molecule has 1 saturated heterocycles. The van der Waals surface area contributed by atoms with E-state index in [0.717, 1.165) is 50.1 Å².